The van der Waals surface area contributed by atoms with Crippen molar-refractivity contribution in [2.24, 2.45) is 5.16 Å². The summed E-state index contributed by atoms with van der Waals surface area (Å²) in [5, 5.41) is 12.7. The van der Waals surface area contributed by atoms with E-state index in [1.807, 2.05) is 24.3 Å². The lowest BCUT2D eigenvalue weighted by atomic mass is 10.1. The van der Waals surface area contributed by atoms with E-state index in [0.717, 1.165) is 42.8 Å². The van der Waals surface area contributed by atoms with Gasteiger partial charge in [-0.2, -0.15) is 0 Å². The van der Waals surface area contributed by atoms with Gasteiger partial charge in [0.1, 0.15) is 0 Å². The number of piperazine rings is 1. The zero-order valence-electron chi connectivity index (χ0n) is 10.5. The predicted molar refractivity (Wildman–Crippen MR) is 76.2 cm³/mol. The van der Waals surface area contributed by atoms with Crippen molar-refractivity contribution >= 4 is 21.8 Å². The SMILES string of the molecule is CCN1CCN(C(=NO)c2ccc(Br)cc2)CC1. The van der Waals surface area contributed by atoms with Crippen molar-refractivity contribution in [3.05, 3.63) is 34.3 Å². The molecule has 0 saturated carbocycles. The highest BCUT2D eigenvalue weighted by atomic mass is 79.9. The van der Waals surface area contributed by atoms with Crippen LogP contribution in [0, 0.1) is 0 Å². The van der Waals surface area contributed by atoms with Gasteiger partial charge in [-0.25, -0.2) is 0 Å². The second-order valence-corrected chi connectivity index (χ2v) is 5.27. The standard InChI is InChI=1S/C13H18BrN3O/c1-2-16-7-9-17(10-8-16)13(15-18)11-3-5-12(14)6-4-11/h3-6,18H,2,7-10H2,1H3. The van der Waals surface area contributed by atoms with Crippen LogP contribution in [0.1, 0.15) is 12.5 Å². The van der Waals surface area contributed by atoms with Gasteiger partial charge in [-0.15, -0.1) is 0 Å². The summed E-state index contributed by atoms with van der Waals surface area (Å²) in [4.78, 5) is 4.53. The third-order valence-corrected chi connectivity index (χ3v) is 3.84. The largest absolute Gasteiger partial charge is 0.409 e. The molecule has 1 aromatic rings. The molecule has 0 spiro atoms. The highest BCUT2D eigenvalue weighted by Crippen LogP contribution is 2.14. The van der Waals surface area contributed by atoms with Crippen molar-refractivity contribution in [3.63, 3.8) is 0 Å². The Labute approximate surface area is 116 Å². The number of rotatable bonds is 2. The monoisotopic (exact) mass is 311 g/mol. The van der Waals surface area contributed by atoms with E-state index in [1.165, 1.54) is 0 Å². The number of hydrogen-bond donors (Lipinski definition) is 1. The molecule has 0 amide bonds. The van der Waals surface area contributed by atoms with Crippen molar-refractivity contribution in [1.29, 1.82) is 0 Å². The molecule has 4 nitrogen and oxygen atoms in total. The molecule has 0 bridgehead atoms. The van der Waals surface area contributed by atoms with E-state index in [0.29, 0.717) is 5.84 Å². The van der Waals surface area contributed by atoms with Gasteiger partial charge < -0.3 is 15.0 Å². The van der Waals surface area contributed by atoms with Crippen molar-refractivity contribution < 1.29 is 5.21 Å². The molecule has 1 aromatic carbocycles. The molecule has 0 atom stereocenters. The lowest BCUT2D eigenvalue weighted by Gasteiger charge is -2.35. The van der Waals surface area contributed by atoms with E-state index in [4.69, 9.17) is 0 Å². The van der Waals surface area contributed by atoms with Gasteiger partial charge in [-0.3, -0.25) is 0 Å². The predicted octanol–water partition coefficient (Wildman–Crippen LogP) is 2.22. The summed E-state index contributed by atoms with van der Waals surface area (Å²) in [5.41, 5.74) is 0.950. The summed E-state index contributed by atoms with van der Waals surface area (Å²) >= 11 is 3.41. The zero-order valence-corrected chi connectivity index (χ0v) is 12.1. The molecule has 1 N–H and O–H groups in total. The van der Waals surface area contributed by atoms with Gasteiger partial charge >= 0.3 is 0 Å². The minimum atomic E-state index is 0.665. The number of benzene rings is 1. The Hall–Kier alpha value is -1.07. The van der Waals surface area contributed by atoms with E-state index < -0.39 is 0 Å². The third kappa shape index (κ3) is 3.03. The lowest BCUT2D eigenvalue weighted by molar-refractivity contribution is 0.185. The molecule has 0 unspecified atom stereocenters. The molecule has 0 aliphatic carbocycles. The molecule has 98 valence electrons. The molecule has 1 saturated heterocycles. The van der Waals surface area contributed by atoms with E-state index in [1.54, 1.807) is 0 Å². The van der Waals surface area contributed by atoms with Gasteiger partial charge in [0.2, 0.25) is 0 Å². The summed E-state index contributed by atoms with van der Waals surface area (Å²) in [7, 11) is 0. The van der Waals surface area contributed by atoms with Gasteiger partial charge in [0.25, 0.3) is 0 Å². The molecule has 1 heterocycles. The van der Waals surface area contributed by atoms with Crippen LogP contribution < -0.4 is 0 Å². The van der Waals surface area contributed by atoms with Crippen molar-refractivity contribution in [1.82, 2.24) is 9.80 Å². The van der Waals surface area contributed by atoms with Crippen molar-refractivity contribution in [3.8, 4) is 0 Å². The minimum absolute atomic E-state index is 0.665. The highest BCUT2D eigenvalue weighted by Gasteiger charge is 2.20. The molecule has 1 fully saturated rings. The first kappa shape index (κ1) is 13.4. The highest BCUT2D eigenvalue weighted by molar-refractivity contribution is 9.10. The van der Waals surface area contributed by atoms with Crippen LogP contribution in [0.4, 0.5) is 0 Å². The number of nitrogens with zero attached hydrogens (tertiary/aromatic N) is 3. The van der Waals surface area contributed by atoms with Crippen LogP contribution in [0.2, 0.25) is 0 Å². The Bertz CT molecular complexity index is 411. The minimum Gasteiger partial charge on any atom is -0.409 e. The maximum absolute atomic E-state index is 9.25. The van der Waals surface area contributed by atoms with E-state index in [9.17, 15) is 5.21 Å². The average Bonchev–Trinajstić information content (AvgIpc) is 2.42. The van der Waals surface area contributed by atoms with Crippen molar-refractivity contribution in [2.75, 3.05) is 32.7 Å². The smallest absolute Gasteiger partial charge is 0.175 e. The van der Waals surface area contributed by atoms with E-state index in [-0.39, 0.29) is 0 Å². The summed E-state index contributed by atoms with van der Waals surface area (Å²) in [6, 6.07) is 7.85. The zero-order chi connectivity index (χ0) is 13.0. The Morgan fingerprint density at radius 2 is 1.83 bits per heavy atom. The fourth-order valence-electron chi connectivity index (χ4n) is 2.18. The molecule has 2 rings (SSSR count). The third-order valence-electron chi connectivity index (χ3n) is 3.32. The average molecular weight is 312 g/mol. The van der Waals surface area contributed by atoms with Crippen LogP contribution in [-0.2, 0) is 0 Å². The number of oxime groups is 1. The molecule has 1 aliphatic heterocycles. The topological polar surface area (TPSA) is 39.1 Å². The fraction of sp³-hybridized carbons (Fsp3) is 0.462. The molecule has 0 radical (unpaired) electrons. The number of likely N-dealkylation sites (N-methyl/N-ethyl adjacent to an activating group) is 1. The van der Waals surface area contributed by atoms with Crippen LogP contribution in [0.25, 0.3) is 0 Å². The van der Waals surface area contributed by atoms with Crippen LogP contribution in [0.5, 0.6) is 0 Å². The maximum Gasteiger partial charge on any atom is 0.175 e. The van der Waals surface area contributed by atoms with Gasteiger partial charge in [-0.05, 0) is 18.7 Å². The van der Waals surface area contributed by atoms with Crippen LogP contribution in [0.3, 0.4) is 0 Å². The summed E-state index contributed by atoms with van der Waals surface area (Å²) in [5.74, 6) is 0.665. The van der Waals surface area contributed by atoms with Crippen LogP contribution in [0.15, 0.2) is 33.9 Å². The molecular weight excluding hydrogens is 294 g/mol. The van der Waals surface area contributed by atoms with Gasteiger partial charge in [0, 0.05) is 36.2 Å². The number of halogens is 1. The lowest BCUT2D eigenvalue weighted by Crippen LogP contribution is -2.48. The van der Waals surface area contributed by atoms with Gasteiger partial charge in [0.05, 0.1) is 0 Å². The second kappa shape index (κ2) is 6.20. The van der Waals surface area contributed by atoms with Crippen LogP contribution >= 0.6 is 15.9 Å². The van der Waals surface area contributed by atoms with Gasteiger partial charge in [-0.1, -0.05) is 40.1 Å². The first-order valence-electron chi connectivity index (χ1n) is 6.20. The summed E-state index contributed by atoms with van der Waals surface area (Å²) in [6.45, 7) is 7.11. The Morgan fingerprint density at radius 1 is 1.22 bits per heavy atom. The molecule has 18 heavy (non-hydrogen) atoms. The van der Waals surface area contributed by atoms with Crippen molar-refractivity contribution in [2.45, 2.75) is 6.92 Å². The summed E-state index contributed by atoms with van der Waals surface area (Å²) < 4.78 is 1.03. The Kier molecular flexibility index (Phi) is 4.60. The molecule has 0 aromatic heterocycles. The Morgan fingerprint density at radius 3 is 2.33 bits per heavy atom. The molecule has 5 heteroatoms. The second-order valence-electron chi connectivity index (χ2n) is 4.35. The quantitative estimate of drug-likeness (QED) is 0.394. The first-order chi connectivity index (χ1) is 8.74. The molecule has 1 aliphatic rings. The summed E-state index contributed by atoms with van der Waals surface area (Å²) in [6.07, 6.45) is 0. The number of amidine groups is 1. The Balaban J connectivity index is 2.08. The first-order valence-corrected chi connectivity index (χ1v) is 6.99. The van der Waals surface area contributed by atoms with Crippen LogP contribution in [-0.4, -0.2) is 53.6 Å². The van der Waals surface area contributed by atoms with E-state index in [2.05, 4.69) is 37.8 Å². The number of hydrogen-bond acceptors (Lipinski definition) is 3. The van der Waals surface area contributed by atoms with E-state index >= 15 is 0 Å². The fourth-order valence-corrected chi connectivity index (χ4v) is 2.44. The molecular formula is C13H18BrN3O. The van der Waals surface area contributed by atoms with Gasteiger partial charge in [0.15, 0.2) is 5.84 Å². The maximum atomic E-state index is 9.25. The normalized spacial score (nSPS) is 18.1.